The van der Waals surface area contributed by atoms with Crippen LogP contribution in [0, 0.1) is 5.82 Å². The van der Waals surface area contributed by atoms with Gasteiger partial charge in [0, 0.05) is 17.4 Å². The Bertz CT molecular complexity index is 1200. The number of rotatable bonds is 4. The molecule has 1 aromatic heterocycles. The molecule has 0 aliphatic carbocycles. The summed E-state index contributed by atoms with van der Waals surface area (Å²) >= 11 is 0. The third-order valence-corrected chi connectivity index (χ3v) is 4.57. The fourth-order valence-electron chi connectivity index (χ4n) is 3.02. The lowest BCUT2D eigenvalue weighted by atomic mass is 10.1. The first-order chi connectivity index (χ1) is 14.8. The van der Waals surface area contributed by atoms with E-state index >= 15 is 0 Å². The quantitative estimate of drug-likeness (QED) is 0.411. The molecular formula is C23H15F4N3O. The number of alkyl halides is 3. The number of aromatic nitrogens is 2. The number of amides is 1. The summed E-state index contributed by atoms with van der Waals surface area (Å²) in [5.41, 5.74) is 1.13. The minimum Gasteiger partial charge on any atom is -0.322 e. The van der Waals surface area contributed by atoms with Crippen molar-refractivity contribution in [2.24, 2.45) is 0 Å². The molecule has 0 radical (unpaired) electrons. The molecular weight excluding hydrogens is 410 g/mol. The molecule has 3 aromatic carbocycles. The molecule has 4 rings (SSSR count). The Hall–Kier alpha value is -3.94. The normalized spacial score (nSPS) is 11.4. The zero-order valence-electron chi connectivity index (χ0n) is 15.9. The van der Waals surface area contributed by atoms with E-state index in [1.54, 1.807) is 12.1 Å². The second kappa shape index (κ2) is 8.06. The molecule has 0 aliphatic rings. The average Bonchev–Trinajstić information content (AvgIpc) is 3.20. The van der Waals surface area contributed by atoms with Crippen LogP contribution < -0.4 is 5.32 Å². The van der Waals surface area contributed by atoms with E-state index in [0.717, 1.165) is 12.1 Å². The van der Waals surface area contributed by atoms with Crippen LogP contribution >= 0.6 is 0 Å². The zero-order chi connectivity index (χ0) is 22.0. The molecule has 0 aliphatic heterocycles. The van der Waals surface area contributed by atoms with Crippen molar-refractivity contribution in [3.05, 3.63) is 102 Å². The minimum absolute atomic E-state index is 0.190. The highest BCUT2D eigenvalue weighted by Crippen LogP contribution is 2.30. The SMILES string of the molecule is O=C(Nc1ccc(C(F)(F)F)cc1)c1cn(-c2ccccc2)nc1-c1ccc(F)cc1. The Morgan fingerprint density at radius 3 is 2.13 bits per heavy atom. The van der Waals surface area contributed by atoms with E-state index in [1.165, 1.54) is 47.3 Å². The maximum absolute atomic E-state index is 13.4. The van der Waals surface area contributed by atoms with Crippen LogP contribution in [0.2, 0.25) is 0 Å². The van der Waals surface area contributed by atoms with Gasteiger partial charge < -0.3 is 5.32 Å². The van der Waals surface area contributed by atoms with E-state index in [1.807, 2.05) is 18.2 Å². The van der Waals surface area contributed by atoms with Crippen LogP contribution in [0.1, 0.15) is 15.9 Å². The summed E-state index contributed by atoms with van der Waals surface area (Å²) in [6, 6.07) is 18.7. The van der Waals surface area contributed by atoms with Gasteiger partial charge in [-0.05, 0) is 60.7 Å². The van der Waals surface area contributed by atoms with Crippen molar-refractivity contribution >= 4 is 11.6 Å². The van der Waals surface area contributed by atoms with Crippen LogP contribution in [0.25, 0.3) is 16.9 Å². The van der Waals surface area contributed by atoms with Gasteiger partial charge in [0.15, 0.2) is 0 Å². The summed E-state index contributed by atoms with van der Waals surface area (Å²) in [7, 11) is 0. The lowest BCUT2D eigenvalue weighted by Crippen LogP contribution is -2.13. The highest BCUT2D eigenvalue weighted by atomic mass is 19.4. The first-order valence-electron chi connectivity index (χ1n) is 9.21. The van der Waals surface area contributed by atoms with Crippen LogP contribution in [0.15, 0.2) is 85.1 Å². The lowest BCUT2D eigenvalue weighted by molar-refractivity contribution is -0.137. The smallest absolute Gasteiger partial charge is 0.322 e. The van der Waals surface area contributed by atoms with E-state index in [2.05, 4.69) is 10.4 Å². The second-order valence-corrected chi connectivity index (χ2v) is 6.71. The summed E-state index contributed by atoms with van der Waals surface area (Å²) in [5, 5.41) is 7.06. The molecule has 0 fully saturated rings. The largest absolute Gasteiger partial charge is 0.416 e. The van der Waals surface area contributed by atoms with Gasteiger partial charge in [-0.2, -0.15) is 18.3 Å². The van der Waals surface area contributed by atoms with Crippen LogP contribution in [0.4, 0.5) is 23.2 Å². The Labute approximate surface area is 174 Å². The monoisotopic (exact) mass is 425 g/mol. The zero-order valence-corrected chi connectivity index (χ0v) is 15.9. The van der Waals surface area contributed by atoms with Gasteiger partial charge in [0.05, 0.1) is 16.8 Å². The van der Waals surface area contributed by atoms with E-state index in [0.29, 0.717) is 16.9 Å². The molecule has 0 unspecified atom stereocenters. The van der Waals surface area contributed by atoms with E-state index in [4.69, 9.17) is 0 Å². The van der Waals surface area contributed by atoms with Crippen molar-refractivity contribution in [3.8, 4) is 16.9 Å². The summed E-state index contributed by atoms with van der Waals surface area (Å²) in [4.78, 5) is 12.9. The lowest BCUT2D eigenvalue weighted by Gasteiger charge is -2.09. The van der Waals surface area contributed by atoms with Crippen molar-refractivity contribution < 1.29 is 22.4 Å². The molecule has 0 atom stereocenters. The first kappa shape index (κ1) is 20.3. The number of halogens is 4. The summed E-state index contributed by atoms with van der Waals surface area (Å²) in [6.07, 6.45) is -2.94. The maximum Gasteiger partial charge on any atom is 0.416 e. The highest BCUT2D eigenvalue weighted by molar-refractivity contribution is 6.08. The number of hydrogen-bond donors (Lipinski definition) is 1. The molecule has 4 aromatic rings. The van der Waals surface area contributed by atoms with E-state index < -0.39 is 23.5 Å². The van der Waals surface area contributed by atoms with Gasteiger partial charge in [-0.1, -0.05) is 18.2 Å². The number of nitrogens with one attached hydrogen (secondary N) is 1. The predicted molar refractivity (Wildman–Crippen MR) is 108 cm³/mol. The highest BCUT2D eigenvalue weighted by Gasteiger charge is 2.30. The van der Waals surface area contributed by atoms with Crippen LogP contribution in [0.3, 0.4) is 0 Å². The molecule has 0 saturated carbocycles. The molecule has 1 heterocycles. The Morgan fingerprint density at radius 1 is 0.871 bits per heavy atom. The van der Waals surface area contributed by atoms with Crippen molar-refractivity contribution in [1.82, 2.24) is 9.78 Å². The Balaban J connectivity index is 1.69. The maximum atomic E-state index is 13.4. The molecule has 0 spiro atoms. The molecule has 1 N–H and O–H groups in total. The average molecular weight is 425 g/mol. The molecule has 156 valence electrons. The van der Waals surface area contributed by atoms with Crippen molar-refractivity contribution in [1.29, 1.82) is 0 Å². The van der Waals surface area contributed by atoms with Gasteiger partial charge in [-0.15, -0.1) is 0 Å². The van der Waals surface area contributed by atoms with Crippen LogP contribution in [-0.2, 0) is 6.18 Å². The van der Waals surface area contributed by atoms with Crippen molar-refractivity contribution in [2.75, 3.05) is 5.32 Å². The van der Waals surface area contributed by atoms with Gasteiger partial charge in [-0.25, -0.2) is 9.07 Å². The van der Waals surface area contributed by atoms with Gasteiger partial charge in [0.25, 0.3) is 5.91 Å². The van der Waals surface area contributed by atoms with Gasteiger partial charge in [-0.3, -0.25) is 4.79 Å². The number of para-hydroxylation sites is 1. The summed E-state index contributed by atoms with van der Waals surface area (Å²) in [6.45, 7) is 0. The topological polar surface area (TPSA) is 46.9 Å². The van der Waals surface area contributed by atoms with E-state index in [-0.39, 0.29) is 11.3 Å². The molecule has 4 nitrogen and oxygen atoms in total. The summed E-state index contributed by atoms with van der Waals surface area (Å²) in [5.74, 6) is -0.983. The fourth-order valence-corrected chi connectivity index (χ4v) is 3.02. The number of carbonyl (C=O) groups excluding carboxylic acids is 1. The number of carbonyl (C=O) groups is 1. The van der Waals surface area contributed by atoms with Gasteiger partial charge in [0.2, 0.25) is 0 Å². The molecule has 0 bridgehead atoms. The third kappa shape index (κ3) is 4.48. The molecule has 1 amide bonds. The van der Waals surface area contributed by atoms with Crippen molar-refractivity contribution in [2.45, 2.75) is 6.18 Å². The number of benzene rings is 3. The third-order valence-electron chi connectivity index (χ3n) is 4.57. The Kier molecular flexibility index (Phi) is 5.29. The summed E-state index contributed by atoms with van der Waals surface area (Å²) < 4.78 is 53.1. The number of nitrogens with zero attached hydrogens (tertiary/aromatic N) is 2. The standard InChI is InChI=1S/C23H15F4N3O/c24-17-10-6-15(7-11-17)21-20(14-30(29-21)19-4-2-1-3-5-19)22(31)28-18-12-8-16(9-13-18)23(25,26)27/h1-14H,(H,28,31). The molecule has 31 heavy (non-hydrogen) atoms. The van der Waals surface area contributed by atoms with Crippen LogP contribution in [0.5, 0.6) is 0 Å². The molecule has 0 saturated heterocycles. The number of anilines is 1. The Morgan fingerprint density at radius 2 is 1.52 bits per heavy atom. The fraction of sp³-hybridized carbons (Fsp3) is 0.0435. The molecule has 8 heteroatoms. The van der Waals surface area contributed by atoms with Crippen molar-refractivity contribution in [3.63, 3.8) is 0 Å². The van der Waals surface area contributed by atoms with Crippen LogP contribution in [-0.4, -0.2) is 15.7 Å². The van der Waals surface area contributed by atoms with E-state index in [9.17, 15) is 22.4 Å². The number of hydrogen-bond acceptors (Lipinski definition) is 2. The minimum atomic E-state index is -4.46. The van der Waals surface area contributed by atoms with Gasteiger partial charge in [0.1, 0.15) is 11.5 Å². The first-order valence-corrected chi connectivity index (χ1v) is 9.21. The second-order valence-electron chi connectivity index (χ2n) is 6.71. The predicted octanol–water partition coefficient (Wildman–Crippen LogP) is 5.95. The van der Waals surface area contributed by atoms with Gasteiger partial charge >= 0.3 is 6.18 Å².